The zero-order valence-electron chi connectivity index (χ0n) is 13.9. The van der Waals surface area contributed by atoms with Crippen molar-refractivity contribution in [2.24, 2.45) is 5.92 Å². The first kappa shape index (κ1) is 16.4. The first-order valence-corrected chi connectivity index (χ1v) is 7.77. The van der Waals surface area contributed by atoms with Crippen molar-refractivity contribution in [1.29, 1.82) is 0 Å². The number of aromatic amines is 1. The SMILES string of the molecule is CC(C)(C)OC(=O)N1CC(COc2cc(F)c3c(N)n[nH]c3c2)C1. The normalized spacial score (nSPS) is 15.4. The molecule has 0 spiro atoms. The van der Waals surface area contributed by atoms with E-state index in [0.29, 0.717) is 31.0 Å². The number of halogens is 1. The molecule has 3 N–H and O–H groups in total. The minimum atomic E-state index is -0.502. The molecule has 0 radical (unpaired) electrons. The molecule has 0 saturated carbocycles. The Morgan fingerprint density at radius 1 is 1.46 bits per heavy atom. The van der Waals surface area contributed by atoms with Gasteiger partial charge >= 0.3 is 6.09 Å². The van der Waals surface area contributed by atoms with Crippen molar-refractivity contribution < 1.29 is 18.7 Å². The summed E-state index contributed by atoms with van der Waals surface area (Å²) in [4.78, 5) is 13.5. The number of nitrogens with two attached hydrogens (primary N) is 1. The Morgan fingerprint density at radius 2 is 2.17 bits per heavy atom. The Hall–Kier alpha value is -2.51. The third-order valence-corrected chi connectivity index (χ3v) is 3.71. The van der Waals surface area contributed by atoms with Gasteiger partial charge in [-0.3, -0.25) is 5.10 Å². The lowest BCUT2D eigenvalue weighted by Crippen LogP contribution is -2.53. The van der Waals surface area contributed by atoms with Crippen LogP contribution in [-0.4, -0.2) is 46.5 Å². The second-order valence-corrected chi connectivity index (χ2v) is 7.00. The number of hydrogen-bond donors (Lipinski definition) is 2. The Balaban J connectivity index is 1.52. The number of nitrogen functional groups attached to an aromatic ring is 1. The minimum absolute atomic E-state index is 0.126. The van der Waals surface area contributed by atoms with Crippen LogP contribution in [0.3, 0.4) is 0 Å². The molecule has 1 amide bonds. The summed E-state index contributed by atoms with van der Waals surface area (Å²) >= 11 is 0. The van der Waals surface area contributed by atoms with Gasteiger partial charge in [0.05, 0.1) is 17.5 Å². The summed E-state index contributed by atoms with van der Waals surface area (Å²) in [5.41, 5.74) is 5.58. The number of fused-ring (bicyclic) bond motifs is 1. The Kier molecular flexibility index (Phi) is 3.98. The summed E-state index contributed by atoms with van der Waals surface area (Å²) in [6.07, 6.45) is -0.320. The first-order chi connectivity index (χ1) is 11.2. The highest BCUT2D eigenvalue weighted by Gasteiger charge is 2.34. The average Bonchev–Trinajstić information content (AvgIpc) is 2.76. The molecule has 2 heterocycles. The number of anilines is 1. The van der Waals surface area contributed by atoms with Crippen molar-refractivity contribution in [1.82, 2.24) is 15.1 Å². The molecule has 0 aliphatic carbocycles. The van der Waals surface area contributed by atoms with Gasteiger partial charge in [-0.2, -0.15) is 5.10 Å². The number of nitrogens with zero attached hydrogens (tertiary/aromatic N) is 2. The summed E-state index contributed by atoms with van der Waals surface area (Å²) in [5, 5.41) is 6.71. The van der Waals surface area contributed by atoms with Gasteiger partial charge < -0.3 is 20.1 Å². The molecule has 1 aliphatic rings. The number of benzene rings is 1. The monoisotopic (exact) mass is 336 g/mol. The van der Waals surface area contributed by atoms with Crippen molar-refractivity contribution >= 4 is 22.8 Å². The maximum atomic E-state index is 14.0. The third kappa shape index (κ3) is 3.37. The molecular weight excluding hydrogens is 315 g/mol. The van der Waals surface area contributed by atoms with Gasteiger partial charge in [-0.1, -0.05) is 0 Å². The molecule has 130 valence electrons. The van der Waals surface area contributed by atoms with Crippen molar-refractivity contribution in [3.63, 3.8) is 0 Å². The molecule has 1 aromatic carbocycles. The van der Waals surface area contributed by atoms with Crippen LogP contribution in [-0.2, 0) is 4.74 Å². The van der Waals surface area contributed by atoms with Crippen molar-refractivity contribution in [3.8, 4) is 5.75 Å². The highest BCUT2D eigenvalue weighted by atomic mass is 19.1. The number of nitrogens with one attached hydrogen (secondary N) is 1. The van der Waals surface area contributed by atoms with E-state index in [1.807, 2.05) is 20.8 Å². The number of H-pyrrole nitrogens is 1. The second-order valence-electron chi connectivity index (χ2n) is 7.00. The van der Waals surface area contributed by atoms with E-state index in [-0.39, 0.29) is 23.2 Å². The summed E-state index contributed by atoms with van der Waals surface area (Å²) in [6.45, 7) is 7.02. The van der Waals surface area contributed by atoms with Crippen LogP contribution in [0.25, 0.3) is 10.9 Å². The van der Waals surface area contributed by atoms with Crippen LogP contribution in [0.5, 0.6) is 5.75 Å². The molecular formula is C16H21FN4O3. The average molecular weight is 336 g/mol. The molecule has 7 nitrogen and oxygen atoms in total. The van der Waals surface area contributed by atoms with Crippen LogP contribution in [0, 0.1) is 11.7 Å². The molecule has 0 bridgehead atoms. The predicted molar refractivity (Wildman–Crippen MR) is 87.3 cm³/mol. The number of carbonyl (C=O) groups excluding carboxylic acids is 1. The van der Waals surface area contributed by atoms with Gasteiger partial charge in [0.2, 0.25) is 0 Å². The molecule has 1 aliphatic heterocycles. The topological polar surface area (TPSA) is 93.5 Å². The van der Waals surface area contributed by atoms with E-state index in [4.69, 9.17) is 15.2 Å². The van der Waals surface area contributed by atoms with E-state index >= 15 is 0 Å². The van der Waals surface area contributed by atoms with Crippen molar-refractivity contribution in [3.05, 3.63) is 17.9 Å². The standard InChI is InChI=1S/C16H21FN4O3/c1-16(2,3)24-15(22)21-6-9(7-21)8-23-10-4-11(17)13-12(5-10)19-20-14(13)18/h4-5,9H,6-8H2,1-3H3,(H3,18,19,20). The zero-order valence-corrected chi connectivity index (χ0v) is 13.9. The summed E-state index contributed by atoms with van der Waals surface area (Å²) in [6, 6.07) is 2.95. The van der Waals surface area contributed by atoms with Gasteiger partial charge in [-0.25, -0.2) is 9.18 Å². The molecule has 3 rings (SSSR count). The van der Waals surface area contributed by atoms with E-state index in [9.17, 15) is 9.18 Å². The Labute approximate surface area is 138 Å². The van der Waals surface area contributed by atoms with Crippen LogP contribution >= 0.6 is 0 Å². The van der Waals surface area contributed by atoms with E-state index < -0.39 is 11.4 Å². The maximum absolute atomic E-state index is 14.0. The quantitative estimate of drug-likeness (QED) is 0.898. The molecule has 24 heavy (non-hydrogen) atoms. The number of hydrogen-bond acceptors (Lipinski definition) is 5. The van der Waals surface area contributed by atoms with Crippen LogP contribution in [0.2, 0.25) is 0 Å². The van der Waals surface area contributed by atoms with Gasteiger partial charge in [0.15, 0.2) is 5.82 Å². The molecule has 2 aromatic rings. The summed E-state index contributed by atoms with van der Waals surface area (Å²) < 4.78 is 24.9. The van der Waals surface area contributed by atoms with E-state index in [1.165, 1.54) is 6.07 Å². The van der Waals surface area contributed by atoms with Crippen molar-refractivity contribution in [2.45, 2.75) is 26.4 Å². The number of amides is 1. The number of carbonyl (C=O) groups is 1. The van der Waals surface area contributed by atoms with E-state index in [2.05, 4.69) is 10.2 Å². The van der Waals surface area contributed by atoms with Crippen LogP contribution < -0.4 is 10.5 Å². The molecule has 0 unspecified atom stereocenters. The highest BCUT2D eigenvalue weighted by Crippen LogP contribution is 2.27. The van der Waals surface area contributed by atoms with Crippen LogP contribution in [0.15, 0.2) is 12.1 Å². The van der Waals surface area contributed by atoms with Crippen LogP contribution in [0.1, 0.15) is 20.8 Å². The zero-order chi connectivity index (χ0) is 17.5. The summed E-state index contributed by atoms with van der Waals surface area (Å²) in [5.74, 6) is 0.251. The smallest absolute Gasteiger partial charge is 0.410 e. The molecule has 0 atom stereocenters. The molecule has 1 saturated heterocycles. The fraction of sp³-hybridized carbons (Fsp3) is 0.500. The second kappa shape index (κ2) is 5.85. The lowest BCUT2D eigenvalue weighted by atomic mass is 10.0. The fourth-order valence-electron chi connectivity index (χ4n) is 2.55. The van der Waals surface area contributed by atoms with Gasteiger partial charge in [-0.05, 0) is 20.8 Å². The van der Waals surface area contributed by atoms with Gasteiger partial charge in [0.1, 0.15) is 17.2 Å². The third-order valence-electron chi connectivity index (χ3n) is 3.71. The summed E-state index contributed by atoms with van der Waals surface area (Å²) in [7, 11) is 0. The predicted octanol–water partition coefficient (Wildman–Crippen LogP) is 2.53. The van der Waals surface area contributed by atoms with Crippen LogP contribution in [0.4, 0.5) is 15.0 Å². The lowest BCUT2D eigenvalue weighted by molar-refractivity contribution is -0.00781. The van der Waals surface area contributed by atoms with Crippen molar-refractivity contribution in [2.75, 3.05) is 25.4 Å². The van der Waals surface area contributed by atoms with E-state index in [1.54, 1.807) is 11.0 Å². The molecule has 1 aromatic heterocycles. The number of ether oxygens (including phenoxy) is 2. The number of rotatable bonds is 3. The number of likely N-dealkylation sites (tertiary alicyclic amines) is 1. The molecule has 8 heteroatoms. The molecule has 1 fully saturated rings. The maximum Gasteiger partial charge on any atom is 0.410 e. The number of aromatic nitrogens is 2. The first-order valence-electron chi connectivity index (χ1n) is 7.77. The highest BCUT2D eigenvalue weighted by molar-refractivity contribution is 5.90. The Morgan fingerprint density at radius 3 is 2.83 bits per heavy atom. The minimum Gasteiger partial charge on any atom is -0.493 e. The Bertz CT molecular complexity index is 763. The van der Waals surface area contributed by atoms with E-state index in [0.717, 1.165) is 0 Å². The van der Waals surface area contributed by atoms with Gasteiger partial charge in [0.25, 0.3) is 0 Å². The van der Waals surface area contributed by atoms with Gasteiger partial charge in [-0.15, -0.1) is 0 Å². The lowest BCUT2D eigenvalue weighted by Gasteiger charge is -2.39. The largest absolute Gasteiger partial charge is 0.493 e. The van der Waals surface area contributed by atoms with Gasteiger partial charge in [0, 0.05) is 31.1 Å². The fourth-order valence-corrected chi connectivity index (χ4v) is 2.55.